The maximum absolute atomic E-state index is 12.8. The van der Waals surface area contributed by atoms with Crippen molar-refractivity contribution < 1.29 is 17.9 Å². The number of benzene rings is 1. The molecular formula is C20H22BrF3N6O2. The molecule has 0 atom stereocenters. The molecule has 1 aromatic carbocycles. The van der Waals surface area contributed by atoms with E-state index in [0.29, 0.717) is 28.4 Å². The van der Waals surface area contributed by atoms with Gasteiger partial charge in [0.15, 0.2) is 5.65 Å². The van der Waals surface area contributed by atoms with Crippen LogP contribution in [0.4, 0.5) is 19.1 Å². The second-order valence-corrected chi connectivity index (χ2v) is 8.82. The van der Waals surface area contributed by atoms with Crippen LogP contribution >= 0.6 is 15.9 Å². The van der Waals surface area contributed by atoms with Crippen LogP contribution in [0.1, 0.15) is 31.2 Å². The van der Waals surface area contributed by atoms with Crippen molar-refractivity contribution in [2.24, 2.45) is 11.7 Å². The molecule has 4 N–H and O–H groups in total. The molecule has 1 aliphatic rings. The van der Waals surface area contributed by atoms with E-state index in [0.717, 1.165) is 25.7 Å². The topological polar surface area (TPSA) is 111 Å². The number of nitrogens with zero attached hydrogens (tertiary/aromatic N) is 3. The molecule has 172 valence electrons. The Labute approximate surface area is 189 Å². The lowest BCUT2D eigenvalue weighted by Crippen LogP contribution is -2.29. The van der Waals surface area contributed by atoms with Crippen molar-refractivity contribution in [3.05, 3.63) is 44.9 Å². The number of hydrogen-bond donors (Lipinski definition) is 3. The molecule has 0 radical (unpaired) electrons. The number of fused-ring (bicyclic) bond motifs is 1. The molecule has 0 amide bonds. The van der Waals surface area contributed by atoms with E-state index in [2.05, 4.69) is 40.9 Å². The number of rotatable bonds is 6. The zero-order chi connectivity index (χ0) is 22.9. The van der Waals surface area contributed by atoms with Crippen molar-refractivity contribution in [2.75, 3.05) is 11.9 Å². The predicted molar refractivity (Wildman–Crippen MR) is 116 cm³/mol. The lowest BCUT2D eigenvalue weighted by molar-refractivity contribution is -0.274. The van der Waals surface area contributed by atoms with Gasteiger partial charge in [-0.1, -0.05) is 15.9 Å². The highest BCUT2D eigenvalue weighted by Gasteiger charge is 2.32. The predicted octanol–water partition coefficient (Wildman–Crippen LogP) is 3.76. The minimum Gasteiger partial charge on any atom is -0.405 e. The van der Waals surface area contributed by atoms with Crippen LogP contribution in [-0.4, -0.2) is 38.5 Å². The fraction of sp³-hybridized carbons (Fsp3) is 0.450. The summed E-state index contributed by atoms with van der Waals surface area (Å²) in [5.74, 6) is 0.428. The Kier molecular flexibility index (Phi) is 6.42. The van der Waals surface area contributed by atoms with Crippen LogP contribution in [0.25, 0.3) is 11.2 Å². The number of hydrogen-bond acceptors (Lipinski definition) is 6. The van der Waals surface area contributed by atoms with Gasteiger partial charge in [-0.05, 0) is 49.8 Å². The Morgan fingerprint density at radius 3 is 2.75 bits per heavy atom. The van der Waals surface area contributed by atoms with E-state index >= 15 is 0 Å². The van der Waals surface area contributed by atoms with Gasteiger partial charge in [0, 0.05) is 22.6 Å². The molecule has 0 unspecified atom stereocenters. The van der Waals surface area contributed by atoms with E-state index in [1.807, 2.05) is 0 Å². The minimum atomic E-state index is -4.85. The highest BCUT2D eigenvalue weighted by atomic mass is 79.9. The summed E-state index contributed by atoms with van der Waals surface area (Å²) in [7, 11) is 0. The number of aromatic amines is 1. The molecule has 0 spiro atoms. The van der Waals surface area contributed by atoms with Gasteiger partial charge in [-0.25, -0.2) is 9.78 Å². The van der Waals surface area contributed by atoms with Crippen LogP contribution in [0.2, 0.25) is 0 Å². The van der Waals surface area contributed by atoms with Gasteiger partial charge < -0.3 is 20.8 Å². The molecule has 0 bridgehead atoms. The van der Waals surface area contributed by atoms with E-state index in [4.69, 9.17) is 5.73 Å². The number of aromatic nitrogens is 4. The lowest BCUT2D eigenvalue weighted by Gasteiger charge is -2.26. The van der Waals surface area contributed by atoms with Crippen LogP contribution < -0.4 is 21.5 Å². The van der Waals surface area contributed by atoms with Crippen molar-refractivity contribution in [3.8, 4) is 5.75 Å². The van der Waals surface area contributed by atoms with Crippen LogP contribution in [-0.2, 0) is 6.54 Å². The van der Waals surface area contributed by atoms with Gasteiger partial charge in [-0.2, -0.15) is 4.98 Å². The summed E-state index contributed by atoms with van der Waals surface area (Å²) in [6.07, 6.45) is 0.646. The minimum absolute atomic E-state index is 0.166. The van der Waals surface area contributed by atoms with Gasteiger partial charge in [-0.3, -0.25) is 4.57 Å². The Morgan fingerprint density at radius 1 is 1.28 bits per heavy atom. The first-order chi connectivity index (χ1) is 15.2. The SMILES string of the molecule is N[C@H]1CC[C@@H](CNc2ncc3[nH]c(=O)n(Cc4cc(Br)ccc4OC(F)(F)F)c3n2)CC1. The quantitative estimate of drug-likeness (QED) is 0.461. The Bertz CT molecular complexity index is 1150. The van der Waals surface area contributed by atoms with Gasteiger partial charge in [0.05, 0.1) is 12.7 Å². The number of H-pyrrole nitrogens is 1. The second kappa shape index (κ2) is 9.10. The maximum atomic E-state index is 12.8. The van der Waals surface area contributed by atoms with Crippen LogP contribution in [0.15, 0.2) is 33.7 Å². The number of ether oxygens (including phenoxy) is 1. The van der Waals surface area contributed by atoms with Crippen molar-refractivity contribution >= 4 is 33.0 Å². The molecule has 8 nitrogen and oxygen atoms in total. The lowest BCUT2D eigenvalue weighted by atomic mass is 9.86. The molecule has 12 heteroatoms. The molecular weight excluding hydrogens is 493 g/mol. The summed E-state index contributed by atoms with van der Waals surface area (Å²) in [5.41, 5.74) is 6.29. The van der Waals surface area contributed by atoms with Gasteiger partial charge in [0.2, 0.25) is 5.95 Å². The first-order valence-corrected chi connectivity index (χ1v) is 11.0. The summed E-state index contributed by atoms with van der Waals surface area (Å²) in [6, 6.07) is 4.37. The van der Waals surface area contributed by atoms with Crippen molar-refractivity contribution in [2.45, 2.75) is 44.6 Å². The van der Waals surface area contributed by atoms with Gasteiger partial charge >= 0.3 is 12.1 Å². The number of imidazole rings is 1. The fourth-order valence-electron chi connectivity index (χ4n) is 3.87. The average Bonchev–Trinajstić information content (AvgIpc) is 3.03. The summed E-state index contributed by atoms with van der Waals surface area (Å²) < 4.78 is 44.3. The summed E-state index contributed by atoms with van der Waals surface area (Å²) in [5, 5.41) is 3.20. The molecule has 4 rings (SSSR count). The molecule has 2 aromatic heterocycles. The molecule has 2 heterocycles. The van der Waals surface area contributed by atoms with Crippen LogP contribution in [0.3, 0.4) is 0 Å². The number of alkyl halides is 3. The molecule has 3 aromatic rings. The van der Waals surface area contributed by atoms with Gasteiger partial charge in [-0.15, -0.1) is 13.2 Å². The normalized spacial score (nSPS) is 19.3. The number of nitrogens with two attached hydrogens (primary N) is 1. The standard InChI is InChI=1S/C20H22BrF3N6O2/c21-13-3-6-16(32-20(22,23)24)12(7-13)10-30-17-15(28-19(30)31)9-27-18(29-17)26-8-11-1-4-14(25)5-2-11/h3,6-7,9,11,14H,1-2,4-5,8,10,25H2,(H,28,31)(H,26,27,29)/t11-,14+. The highest BCUT2D eigenvalue weighted by molar-refractivity contribution is 9.10. The second-order valence-electron chi connectivity index (χ2n) is 7.91. The molecule has 1 fully saturated rings. The maximum Gasteiger partial charge on any atom is 0.573 e. The summed E-state index contributed by atoms with van der Waals surface area (Å²) in [6.45, 7) is 0.517. The Hall–Kier alpha value is -2.60. The molecule has 0 saturated heterocycles. The largest absolute Gasteiger partial charge is 0.573 e. The third-order valence-electron chi connectivity index (χ3n) is 5.53. The van der Waals surface area contributed by atoms with Crippen LogP contribution in [0, 0.1) is 5.92 Å². The molecule has 0 aliphatic heterocycles. The van der Waals surface area contributed by atoms with E-state index in [1.54, 1.807) is 0 Å². The fourth-order valence-corrected chi connectivity index (χ4v) is 4.28. The van der Waals surface area contributed by atoms with Crippen molar-refractivity contribution in [1.82, 2.24) is 19.5 Å². The molecule has 1 saturated carbocycles. The Morgan fingerprint density at radius 2 is 2.03 bits per heavy atom. The van der Waals surface area contributed by atoms with Gasteiger partial charge in [0.25, 0.3) is 0 Å². The van der Waals surface area contributed by atoms with Crippen molar-refractivity contribution in [3.63, 3.8) is 0 Å². The third-order valence-corrected chi connectivity index (χ3v) is 6.02. The van der Waals surface area contributed by atoms with E-state index in [9.17, 15) is 18.0 Å². The van der Waals surface area contributed by atoms with Crippen molar-refractivity contribution in [1.29, 1.82) is 0 Å². The third kappa shape index (κ3) is 5.41. The molecule has 32 heavy (non-hydrogen) atoms. The average molecular weight is 515 g/mol. The highest BCUT2D eigenvalue weighted by Crippen LogP contribution is 2.30. The zero-order valence-corrected chi connectivity index (χ0v) is 18.5. The van der Waals surface area contributed by atoms with Crippen LogP contribution in [0.5, 0.6) is 5.75 Å². The van der Waals surface area contributed by atoms with Gasteiger partial charge in [0.1, 0.15) is 11.3 Å². The number of halogens is 4. The van der Waals surface area contributed by atoms with E-state index in [-0.39, 0.29) is 29.5 Å². The first-order valence-electron chi connectivity index (χ1n) is 10.2. The first kappa shape index (κ1) is 22.6. The monoisotopic (exact) mass is 514 g/mol. The zero-order valence-electron chi connectivity index (χ0n) is 17.0. The summed E-state index contributed by atoms with van der Waals surface area (Å²) in [4.78, 5) is 23.8. The van der Waals surface area contributed by atoms with E-state index in [1.165, 1.54) is 29.0 Å². The molecule has 1 aliphatic carbocycles. The smallest absolute Gasteiger partial charge is 0.405 e. The van der Waals surface area contributed by atoms with E-state index < -0.39 is 12.1 Å². The summed E-state index contributed by atoms with van der Waals surface area (Å²) >= 11 is 3.25. The Balaban J connectivity index is 1.58. The number of nitrogens with one attached hydrogen (secondary N) is 2. The number of anilines is 1.